The number of nitrogens with two attached hydrogens (primary N) is 1. The van der Waals surface area contributed by atoms with Crippen LogP contribution in [0.5, 0.6) is 11.5 Å². The molecule has 112 valence electrons. The zero-order chi connectivity index (χ0) is 14.6. The minimum atomic E-state index is -0.215. The Hall–Kier alpha value is -0.870. The molecule has 1 aromatic carbocycles. The molecule has 2 N–H and O–H groups in total. The van der Waals surface area contributed by atoms with Gasteiger partial charge >= 0.3 is 0 Å². The third-order valence-corrected chi connectivity index (χ3v) is 4.48. The van der Waals surface area contributed by atoms with E-state index in [4.69, 9.17) is 15.2 Å². The van der Waals surface area contributed by atoms with Crippen molar-refractivity contribution in [3.05, 3.63) is 23.8 Å². The predicted octanol–water partition coefficient (Wildman–Crippen LogP) is 3.25. The van der Waals surface area contributed by atoms with Gasteiger partial charge in [0, 0.05) is 11.3 Å². The molecule has 1 aromatic rings. The molecule has 2 rings (SSSR count). The van der Waals surface area contributed by atoms with Crippen LogP contribution in [0.1, 0.15) is 32.3 Å². The van der Waals surface area contributed by atoms with Crippen LogP contribution in [0.4, 0.5) is 0 Å². The smallest absolute Gasteiger partial charge is 0.161 e. The highest BCUT2D eigenvalue weighted by atomic mass is 32.2. The summed E-state index contributed by atoms with van der Waals surface area (Å²) in [5.41, 5.74) is 7.04. The molecular weight excluding hydrogens is 270 g/mol. The van der Waals surface area contributed by atoms with Crippen LogP contribution in [0, 0.1) is 0 Å². The van der Waals surface area contributed by atoms with E-state index in [1.807, 2.05) is 37.7 Å². The quantitative estimate of drug-likeness (QED) is 0.905. The van der Waals surface area contributed by atoms with E-state index >= 15 is 0 Å². The Bertz CT molecular complexity index is 437. The molecule has 1 aliphatic heterocycles. The molecular formula is C16H25NO2S. The van der Waals surface area contributed by atoms with E-state index in [2.05, 4.69) is 6.07 Å². The SMILES string of the molecule is COc1cc(CC(C)(C)N)ccc1OC1CCCSC1. The van der Waals surface area contributed by atoms with Gasteiger partial charge in [-0.1, -0.05) is 6.07 Å². The molecule has 0 aromatic heterocycles. The van der Waals surface area contributed by atoms with Gasteiger partial charge in [0.2, 0.25) is 0 Å². The molecule has 0 saturated carbocycles. The van der Waals surface area contributed by atoms with E-state index in [9.17, 15) is 0 Å². The number of ether oxygens (including phenoxy) is 2. The fourth-order valence-electron chi connectivity index (χ4n) is 2.43. The zero-order valence-electron chi connectivity index (χ0n) is 12.6. The van der Waals surface area contributed by atoms with E-state index in [-0.39, 0.29) is 5.54 Å². The molecule has 1 atom stereocenters. The molecule has 1 aliphatic rings. The van der Waals surface area contributed by atoms with E-state index in [0.29, 0.717) is 6.10 Å². The van der Waals surface area contributed by atoms with E-state index in [1.165, 1.54) is 17.7 Å². The minimum absolute atomic E-state index is 0.215. The lowest BCUT2D eigenvalue weighted by Crippen LogP contribution is -2.34. The first kappa shape index (κ1) is 15.5. The first-order chi connectivity index (χ1) is 9.48. The summed E-state index contributed by atoms with van der Waals surface area (Å²) in [5, 5.41) is 0. The van der Waals surface area contributed by atoms with Crippen molar-refractivity contribution in [2.45, 2.75) is 44.8 Å². The number of benzene rings is 1. The van der Waals surface area contributed by atoms with Crippen molar-refractivity contribution in [1.29, 1.82) is 0 Å². The van der Waals surface area contributed by atoms with Crippen molar-refractivity contribution in [1.82, 2.24) is 0 Å². The third-order valence-electron chi connectivity index (χ3n) is 3.30. The van der Waals surface area contributed by atoms with Gasteiger partial charge in [0.05, 0.1) is 7.11 Å². The molecule has 0 radical (unpaired) electrons. The van der Waals surface area contributed by atoms with Crippen molar-refractivity contribution >= 4 is 11.8 Å². The lowest BCUT2D eigenvalue weighted by atomic mass is 9.96. The summed E-state index contributed by atoms with van der Waals surface area (Å²) in [6.07, 6.45) is 3.49. The Morgan fingerprint density at radius 3 is 2.75 bits per heavy atom. The van der Waals surface area contributed by atoms with E-state index < -0.39 is 0 Å². The number of hydrogen-bond acceptors (Lipinski definition) is 4. The van der Waals surface area contributed by atoms with Crippen LogP contribution in [0.3, 0.4) is 0 Å². The Labute approximate surface area is 126 Å². The number of hydrogen-bond donors (Lipinski definition) is 1. The summed E-state index contributed by atoms with van der Waals surface area (Å²) in [4.78, 5) is 0. The van der Waals surface area contributed by atoms with Crippen LogP contribution >= 0.6 is 11.8 Å². The first-order valence-electron chi connectivity index (χ1n) is 7.18. The van der Waals surface area contributed by atoms with Gasteiger partial charge in [-0.05, 0) is 56.6 Å². The molecule has 1 fully saturated rings. The maximum absolute atomic E-state index is 6.09. The molecule has 4 heteroatoms. The number of rotatable bonds is 5. The van der Waals surface area contributed by atoms with Crippen molar-refractivity contribution < 1.29 is 9.47 Å². The second-order valence-corrected chi connectivity index (χ2v) is 7.26. The predicted molar refractivity (Wildman–Crippen MR) is 85.9 cm³/mol. The van der Waals surface area contributed by atoms with Crippen LogP contribution in [0.25, 0.3) is 0 Å². The Kier molecular flexibility index (Phi) is 5.22. The highest BCUT2D eigenvalue weighted by Gasteiger charge is 2.18. The molecule has 0 spiro atoms. The van der Waals surface area contributed by atoms with Crippen LogP contribution in [-0.4, -0.2) is 30.3 Å². The highest BCUT2D eigenvalue weighted by Crippen LogP contribution is 2.32. The van der Waals surface area contributed by atoms with Crippen LogP contribution < -0.4 is 15.2 Å². The molecule has 0 amide bonds. The largest absolute Gasteiger partial charge is 0.493 e. The third kappa shape index (κ3) is 4.60. The van der Waals surface area contributed by atoms with Gasteiger partial charge in [0.15, 0.2) is 11.5 Å². The van der Waals surface area contributed by atoms with Crippen LogP contribution in [-0.2, 0) is 6.42 Å². The second kappa shape index (κ2) is 6.72. The minimum Gasteiger partial charge on any atom is -0.493 e. The Balaban J connectivity index is 2.08. The van der Waals surface area contributed by atoms with Crippen molar-refractivity contribution in [2.24, 2.45) is 5.73 Å². The molecule has 1 heterocycles. The summed E-state index contributed by atoms with van der Waals surface area (Å²) in [6, 6.07) is 6.14. The fraction of sp³-hybridized carbons (Fsp3) is 0.625. The average molecular weight is 295 g/mol. The van der Waals surface area contributed by atoms with Crippen molar-refractivity contribution in [3.8, 4) is 11.5 Å². The highest BCUT2D eigenvalue weighted by molar-refractivity contribution is 7.99. The Morgan fingerprint density at radius 1 is 1.35 bits per heavy atom. The van der Waals surface area contributed by atoms with Gasteiger partial charge in [-0.15, -0.1) is 0 Å². The molecule has 3 nitrogen and oxygen atoms in total. The number of methoxy groups -OCH3 is 1. The van der Waals surface area contributed by atoms with Gasteiger partial charge in [-0.3, -0.25) is 0 Å². The van der Waals surface area contributed by atoms with Gasteiger partial charge in [-0.25, -0.2) is 0 Å². The normalized spacial score (nSPS) is 19.7. The average Bonchev–Trinajstić information content (AvgIpc) is 2.40. The summed E-state index contributed by atoms with van der Waals surface area (Å²) in [7, 11) is 1.69. The Morgan fingerprint density at radius 2 is 2.15 bits per heavy atom. The molecule has 20 heavy (non-hydrogen) atoms. The van der Waals surface area contributed by atoms with Gasteiger partial charge in [0.1, 0.15) is 6.10 Å². The van der Waals surface area contributed by atoms with E-state index in [1.54, 1.807) is 7.11 Å². The topological polar surface area (TPSA) is 44.5 Å². The van der Waals surface area contributed by atoms with Crippen LogP contribution in [0.15, 0.2) is 18.2 Å². The zero-order valence-corrected chi connectivity index (χ0v) is 13.5. The maximum atomic E-state index is 6.09. The lowest BCUT2D eigenvalue weighted by molar-refractivity contribution is 0.202. The van der Waals surface area contributed by atoms with Gasteiger partial charge < -0.3 is 15.2 Å². The van der Waals surface area contributed by atoms with Crippen molar-refractivity contribution in [3.63, 3.8) is 0 Å². The first-order valence-corrected chi connectivity index (χ1v) is 8.33. The maximum Gasteiger partial charge on any atom is 0.161 e. The molecule has 1 saturated heterocycles. The van der Waals surface area contributed by atoms with Crippen molar-refractivity contribution in [2.75, 3.05) is 18.6 Å². The summed E-state index contributed by atoms with van der Waals surface area (Å²) in [6.45, 7) is 4.06. The van der Waals surface area contributed by atoms with Gasteiger partial charge in [-0.2, -0.15) is 11.8 Å². The summed E-state index contributed by atoms with van der Waals surface area (Å²) in [5.74, 6) is 3.98. The second-order valence-electron chi connectivity index (χ2n) is 6.11. The van der Waals surface area contributed by atoms with Crippen LogP contribution in [0.2, 0.25) is 0 Å². The monoisotopic (exact) mass is 295 g/mol. The molecule has 0 aliphatic carbocycles. The summed E-state index contributed by atoms with van der Waals surface area (Å²) >= 11 is 1.96. The molecule has 1 unspecified atom stereocenters. The lowest BCUT2D eigenvalue weighted by Gasteiger charge is -2.24. The summed E-state index contributed by atoms with van der Waals surface area (Å²) < 4.78 is 11.6. The standard InChI is InChI=1S/C16H25NO2S/c1-16(2,17)10-12-6-7-14(15(9-12)18-3)19-13-5-4-8-20-11-13/h6-7,9,13H,4-5,8,10-11,17H2,1-3H3. The van der Waals surface area contributed by atoms with E-state index in [0.717, 1.165) is 30.1 Å². The fourth-order valence-corrected chi connectivity index (χ4v) is 3.46. The van der Waals surface area contributed by atoms with Gasteiger partial charge in [0.25, 0.3) is 0 Å². The number of thioether (sulfide) groups is 1. The molecule has 0 bridgehead atoms.